The first kappa shape index (κ1) is 17.1. The Hall–Kier alpha value is -1.34. The second-order valence-corrected chi connectivity index (χ2v) is 9.35. The van der Waals surface area contributed by atoms with Crippen LogP contribution in [-0.4, -0.2) is 10.7 Å². The lowest BCUT2D eigenvalue weighted by Gasteiger charge is -2.53. The molecule has 0 saturated heterocycles. The fraction of sp³-hybridized carbons (Fsp3) is 0.583. The van der Waals surface area contributed by atoms with Gasteiger partial charge in [-0.1, -0.05) is 71.9 Å². The zero-order chi connectivity index (χ0) is 18.4. The zero-order valence-electron chi connectivity index (χ0n) is 16.8. The van der Waals surface area contributed by atoms with Crippen LogP contribution in [0.2, 0.25) is 0 Å². The molecule has 0 heterocycles. The van der Waals surface area contributed by atoms with Crippen LogP contribution in [0, 0.1) is 11.3 Å². The topological polar surface area (TPSA) is 20.2 Å². The summed E-state index contributed by atoms with van der Waals surface area (Å²) in [7, 11) is 0. The number of aliphatic hydroxyl groups is 1. The lowest BCUT2D eigenvalue weighted by atomic mass is 9.51. The molecule has 0 saturated carbocycles. The highest BCUT2D eigenvalue weighted by atomic mass is 16.3. The number of hydrogen-bond acceptors (Lipinski definition) is 1. The Kier molecular flexibility index (Phi) is 3.34. The molecule has 6 atom stereocenters. The Morgan fingerprint density at radius 1 is 1.00 bits per heavy atom. The Morgan fingerprint density at radius 2 is 1.64 bits per heavy atom. The maximum Gasteiger partial charge on any atom is 0.102 e. The molecule has 1 aromatic carbocycles. The standard InChI is InChI=1S/C24H32O/c1-8-22(5)12-13-23(6,25)19-15(3)18-11-9-10-17-14(2)16(4)24(7,20(17)18)21(19)22/h9-16,25H,8H2,1-7H3. The van der Waals surface area contributed by atoms with Crippen LogP contribution in [0.4, 0.5) is 0 Å². The Labute approximate surface area is 152 Å². The molecule has 0 spiro atoms. The van der Waals surface area contributed by atoms with Gasteiger partial charge in [0.05, 0.1) is 0 Å². The zero-order valence-corrected chi connectivity index (χ0v) is 16.8. The number of hydrogen-bond donors (Lipinski definition) is 1. The molecule has 4 rings (SSSR count). The van der Waals surface area contributed by atoms with E-state index in [1.165, 1.54) is 22.3 Å². The van der Waals surface area contributed by atoms with Crippen LogP contribution < -0.4 is 0 Å². The molecular formula is C24H32O. The van der Waals surface area contributed by atoms with E-state index in [1.807, 2.05) is 13.0 Å². The van der Waals surface area contributed by atoms with Gasteiger partial charge >= 0.3 is 0 Å². The Balaban J connectivity index is 2.14. The lowest BCUT2D eigenvalue weighted by Crippen LogP contribution is -2.48. The fourth-order valence-corrected chi connectivity index (χ4v) is 6.34. The van der Waals surface area contributed by atoms with Crippen molar-refractivity contribution in [2.75, 3.05) is 0 Å². The molecule has 25 heavy (non-hydrogen) atoms. The van der Waals surface area contributed by atoms with E-state index >= 15 is 0 Å². The van der Waals surface area contributed by atoms with E-state index in [-0.39, 0.29) is 16.7 Å². The summed E-state index contributed by atoms with van der Waals surface area (Å²) in [4.78, 5) is 0. The third-order valence-electron chi connectivity index (χ3n) is 8.11. The van der Waals surface area contributed by atoms with Gasteiger partial charge in [-0.15, -0.1) is 0 Å². The van der Waals surface area contributed by atoms with Crippen molar-refractivity contribution in [3.8, 4) is 0 Å². The molecule has 1 nitrogen and oxygen atoms in total. The molecule has 0 amide bonds. The van der Waals surface area contributed by atoms with Crippen LogP contribution in [0.15, 0.2) is 41.5 Å². The van der Waals surface area contributed by atoms with E-state index in [1.54, 1.807) is 5.56 Å². The summed E-state index contributed by atoms with van der Waals surface area (Å²) in [6.45, 7) is 16.2. The van der Waals surface area contributed by atoms with E-state index in [9.17, 15) is 5.11 Å². The van der Waals surface area contributed by atoms with Gasteiger partial charge in [-0.25, -0.2) is 0 Å². The van der Waals surface area contributed by atoms with Gasteiger partial charge in [0.25, 0.3) is 0 Å². The molecule has 0 radical (unpaired) electrons. The first-order valence-corrected chi connectivity index (χ1v) is 9.91. The van der Waals surface area contributed by atoms with Crippen LogP contribution in [0.5, 0.6) is 0 Å². The lowest BCUT2D eigenvalue weighted by molar-refractivity contribution is 0.125. The number of allylic oxidation sites excluding steroid dienone is 2. The van der Waals surface area contributed by atoms with E-state index in [4.69, 9.17) is 0 Å². The number of benzene rings is 1. The maximum absolute atomic E-state index is 11.3. The molecule has 1 N–H and O–H groups in total. The van der Waals surface area contributed by atoms with Gasteiger partial charge in [0.15, 0.2) is 0 Å². The molecule has 0 bridgehead atoms. The normalized spacial score (nSPS) is 44.7. The molecule has 6 unspecified atom stereocenters. The summed E-state index contributed by atoms with van der Waals surface area (Å²) in [5.41, 5.74) is 6.45. The highest BCUT2D eigenvalue weighted by molar-refractivity contribution is 5.65. The molecule has 1 heteroatoms. The van der Waals surface area contributed by atoms with Crippen LogP contribution in [0.25, 0.3) is 0 Å². The third kappa shape index (κ3) is 1.83. The van der Waals surface area contributed by atoms with Crippen molar-refractivity contribution >= 4 is 0 Å². The minimum atomic E-state index is -0.855. The van der Waals surface area contributed by atoms with Crippen LogP contribution in [0.1, 0.15) is 83.4 Å². The highest BCUT2D eigenvalue weighted by Gasteiger charge is 2.58. The molecular weight excluding hydrogens is 304 g/mol. The first-order valence-electron chi connectivity index (χ1n) is 9.91. The molecule has 1 aromatic rings. The van der Waals surface area contributed by atoms with Crippen molar-refractivity contribution in [3.63, 3.8) is 0 Å². The fourth-order valence-electron chi connectivity index (χ4n) is 6.34. The van der Waals surface area contributed by atoms with Gasteiger partial charge < -0.3 is 5.11 Å². The van der Waals surface area contributed by atoms with Crippen LogP contribution in [0.3, 0.4) is 0 Å². The molecule has 0 aliphatic heterocycles. The van der Waals surface area contributed by atoms with Crippen molar-refractivity contribution < 1.29 is 5.11 Å². The third-order valence-corrected chi connectivity index (χ3v) is 8.11. The Bertz CT molecular complexity index is 811. The number of fused-ring (bicyclic) bond motifs is 1. The summed E-state index contributed by atoms with van der Waals surface area (Å²) < 4.78 is 0. The van der Waals surface area contributed by atoms with Crippen molar-refractivity contribution in [2.45, 2.75) is 77.7 Å². The Morgan fingerprint density at radius 3 is 2.28 bits per heavy atom. The average molecular weight is 337 g/mol. The highest BCUT2D eigenvalue weighted by Crippen LogP contribution is 2.66. The minimum Gasteiger partial charge on any atom is -0.382 e. The molecule has 3 aliphatic rings. The van der Waals surface area contributed by atoms with Crippen molar-refractivity contribution in [3.05, 3.63) is 58.2 Å². The SMILES string of the molecule is CCC1(C)C=CC(C)(O)C2=C1C1(C)c3c(cccc3C(C)C1C)C2C. The summed E-state index contributed by atoms with van der Waals surface area (Å²) in [6, 6.07) is 6.86. The summed E-state index contributed by atoms with van der Waals surface area (Å²) >= 11 is 0. The smallest absolute Gasteiger partial charge is 0.102 e. The van der Waals surface area contributed by atoms with E-state index in [0.29, 0.717) is 11.8 Å². The quantitative estimate of drug-likeness (QED) is 0.638. The second-order valence-electron chi connectivity index (χ2n) is 9.35. The molecule has 3 aliphatic carbocycles. The second kappa shape index (κ2) is 4.88. The molecule has 0 fully saturated rings. The monoisotopic (exact) mass is 336 g/mol. The maximum atomic E-state index is 11.3. The van der Waals surface area contributed by atoms with Crippen LogP contribution in [-0.2, 0) is 5.41 Å². The van der Waals surface area contributed by atoms with E-state index in [0.717, 1.165) is 6.42 Å². The van der Waals surface area contributed by atoms with Crippen LogP contribution >= 0.6 is 0 Å². The summed E-state index contributed by atoms with van der Waals surface area (Å²) in [5.74, 6) is 1.35. The minimum absolute atomic E-state index is 0.00664. The summed E-state index contributed by atoms with van der Waals surface area (Å²) in [5, 5.41) is 11.3. The van der Waals surface area contributed by atoms with Gasteiger partial charge in [0.2, 0.25) is 0 Å². The summed E-state index contributed by atoms with van der Waals surface area (Å²) in [6.07, 6.45) is 5.40. The van der Waals surface area contributed by atoms with Gasteiger partial charge in [0.1, 0.15) is 5.60 Å². The van der Waals surface area contributed by atoms with Gasteiger partial charge in [-0.05, 0) is 53.0 Å². The van der Waals surface area contributed by atoms with E-state index in [2.05, 4.69) is 65.8 Å². The van der Waals surface area contributed by atoms with Gasteiger partial charge in [-0.2, -0.15) is 0 Å². The van der Waals surface area contributed by atoms with Gasteiger partial charge in [0, 0.05) is 16.7 Å². The number of rotatable bonds is 1. The molecule has 134 valence electrons. The largest absolute Gasteiger partial charge is 0.382 e. The van der Waals surface area contributed by atoms with Crippen molar-refractivity contribution in [1.29, 1.82) is 0 Å². The van der Waals surface area contributed by atoms with Crippen molar-refractivity contribution in [2.24, 2.45) is 11.3 Å². The van der Waals surface area contributed by atoms with E-state index < -0.39 is 5.60 Å². The van der Waals surface area contributed by atoms with Crippen molar-refractivity contribution in [1.82, 2.24) is 0 Å². The van der Waals surface area contributed by atoms with Gasteiger partial charge in [-0.3, -0.25) is 0 Å². The predicted octanol–water partition coefficient (Wildman–Crippen LogP) is 5.85. The first-order chi connectivity index (χ1) is 11.6. The predicted molar refractivity (Wildman–Crippen MR) is 105 cm³/mol. The average Bonchev–Trinajstić information content (AvgIpc) is 2.78. The molecule has 0 aromatic heterocycles.